The Balaban J connectivity index is 1.76. The molecule has 10 nitrogen and oxygen atoms in total. The lowest BCUT2D eigenvalue weighted by Gasteiger charge is -2.19. The van der Waals surface area contributed by atoms with E-state index in [0.29, 0.717) is 22.2 Å². The fourth-order valence-corrected chi connectivity index (χ4v) is 3.50. The van der Waals surface area contributed by atoms with Crippen molar-refractivity contribution in [1.82, 2.24) is 14.9 Å². The van der Waals surface area contributed by atoms with E-state index in [1.165, 1.54) is 26.4 Å². The summed E-state index contributed by atoms with van der Waals surface area (Å²) in [6.45, 7) is 5.56. The van der Waals surface area contributed by atoms with E-state index in [1.807, 2.05) is 0 Å². The topological polar surface area (TPSA) is 115 Å². The lowest BCUT2D eigenvalue weighted by Crippen LogP contribution is -2.27. The molecule has 0 N–H and O–H groups in total. The lowest BCUT2D eigenvalue weighted by molar-refractivity contribution is 0.0521. The van der Waals surface area contributed by atoms with E-state index in [-0.39, 0.29) is 35.9 Å². The molecule has 0 fully saturated rings. The normalized spacial score (nSPS) is 11.5. The first kappa shape index (κ1) is 25.8. The number of esters is 1. The zero-order valence-corrected chi connectivity index (χ0v) is 21.0. The molecule has 0 aliphatic heterocycles. The van der Waals surface area contributed by atoms with Gasteiger partial charge in [0.05, 0.1) is 24.8 Å². The third-order valence-corrected chi connectivity index (χ3v) is 5.19. The molecule has 11 heteroatoms. The van der Waals surface area contributed by atoms with Gasteiger partial charge in [-0.3, -0.25) is 0 Å². The van der Waals surface area contributed by atoms with E-state index >= 15 is 0 Å². The van der Waals surface area contributed by atoms with Gasteiger partial charge in [-0.2, -0.15) is 9.78 Å². The van der Waals surface area contributed by atoms with Crippen LogP contribution < -0.4 is 4.74 Å². The van der Waals surface area contributed by atoms with Crippen LogP contribution in [0.15, 0.2) is 47.0 Å². The van der Waals surface area contributed by atoms with Gasteiger partial charge in [0.1, 0.15) is 23.6 Å². The van der Waals surface area contributed by atoms with Gasteiger partial charge >= 0.3 is 12.1 Å². The van der Waals surface area contributed by atoms with Gasteiger partial charge in [-0.15, -0.1) is 0 Å². The van der Waals surface area contributed by atoms with Crippen LogP contribution in [0.5, 0.6) is 5.75 Å². The third-order valence-electron chi connectivity index (χ3n) is 5.19. The number of hydrogen-bond acceptors (Lipinski definition) is 9. The largest absolute Gasteiger partial charge is 0.488 e. The van der Waals surface area contributed by atoms with Crippen LogP contribution in [0, 0.1) is 5.82 Å². The smallest absolute Gasteiger partial charge is 0.435 e. The number of halogens is 1. The Hall–Kier alpha value is -4.25. The summed E-state index contributed by atoms with van der Waals surface area (Å²) in [6, 6.07) is 10.8. The molecule has 0 saturated heterocycles. The zero-order valence-electron chi connectivity index (χ0n) is 21.0. The van der Waals surface area contributed by atoms with Crippen LogP contribution in [-0.2, 0) is 14.2 Å². The van der Waals surface area contributed by atoms with Crippen LogP contribution in [0.3, 0.4) is 0 Å². The maximum atomic E-state index is 14.9. The minimum Gasteiger partial charge on any atom is -0.488 e. The van der Waals surface area contributed by atoms with Crippen LogP contribution in [0.25, 0.3) is 33.6 Å². The van der Waals surface area contributed by atoms with Gasteiger partial charge in [-0.1, -0.05) is 17.3 Å². The molecule has 0 unspecified atom stereocenters. The summed E-state index contributed by atoms with van der Waals surface area (Å²) >= 11 is 0. The molecule has 4 rings (SSSR count). The highest BCUT2D eigenvalue weighted by molar-refractivity contribution is 5.98. The van der Waals surface area contributed by atoms with Gasteiger partial charge in [0, 0.05) is 30.2 Å². The number of rotatable bonds is 7. The SMILES string of the molecule is COCCOc1cc2c(cc1F)c(-c1cc(-c3ccc(C(=O)OC)cc3)no1)nn2C(=O)OC(C)(C)C. The number of benzene rings is 2. The van der Waals surface area contributed by atoms with Crippen LogP contribution in [-0.4, -0.2) is 60.0 Å². The highest BCUT2D eigenvalue weighted by Gasteiger charge is 2.26. The second-order valence-corrected chi connectivity index (χ2v) is 9.03. The molecular formula is C26H26FN3O7. The Labute approximate surface area is 211 Å². The number of ether oxygens (including phenoxy) is 4. The van der Waals surface area contributed by atoms with E-state index in [4.69, 9.17) is 23.5 Å². The lowest BCUT2D eigenvalue weighted by atomic mass is 10.1. The van der Waals surface area contributed by atoms with Crippen molar-refractivity contribution in [2.75, 3.05) is 27.4 Å². The third kappa shape index (κ3) is 5.61. The Morgan fingerprint density at radius 2 is 1.78 bits per heavy atom. The van der Waals surface area contributed by atoms with Gasteiger partial charge in [0.2, 0.25) is 0 Å². The van der Waals surface area contributed by atoms with Gasteiger partial charge < -0.3 is 23.5 Å². The monoisotopic (exact) mass is 511 g/mol. The van der Waals surface area contributed by atoms with Crippen LogP contribution in [0.2, 0.25) is 0 Å². The van der Waals surface area contributed by atoms with Crippen LogP contribution in [0.1, 0.15) is 31.1 Å². The van der Waals surface area contributed by atoms with Crippen molar-refractivity contribution in [1.29, 1.82) is 0 Å². The predicted molar refractivity (Wildman–Crippen MR) is 131 cm³/mol. The van der Waals surface area contributed by atoms with Crippen molar-refractivity contribution in [2.45, 2.75) is 26.4 Å². The number of carbonyl (C=O) groups is 2. The number of hydrogen-bond donors (Lipinski definition) is 0. The van der Waals surface area contributed by atoms with E-state index in [2.05, 4.69) is 10.3 Å². The van der Waals surface area contributed by atoms with Gasteiger partial charge in [-0.25, -0.2) is 14.0 Å². The molecule has 0 atom stereocenters. The molecule has 2 aromatic heterocycles. The standard InChI is InChI=1S/C26H26FN3O7/c1-26(2,3)36-25(32)30-20-14-21(35-11-10-33-4)18(27)12-17(20)23(28-30)22-13-19(29-37-22)15-6-8-16(9-7-15)24(31)34-5/h6-9,12-14H,10-11H2,1-5H3. The molecule has 4 aromatic rings. The summed E-state index contributed by atoms with van der Waals surface area (Å²) in [5, 5.41) is 8.75. The molecule has 0 radical (unpaired) electrons. The van der Waals surface area contributed by atoms with E-state index in [0.717, 1.165) is 4.68 Å². The summed E-state index contributed by atoms with van der Waals surface area (Å²) in [7, 11) is 2.81. The fraction of sp³-hybridized carbons (Fsp3) is 0.308. The van der Waals surface area contributed by atoms with E-state index in [1.54, 1.807) is 51.1 Å². The molecule has 194 valence electrons. The van der Waals surface area contributed by atoms with Crippen molar-refractivity contribution in [3.8, 4) is 28.5 Å². The van der Waals surface area contributed by atoms with Crippen LogP contribution >= 0.6 is 0 Å². The Kier molecular flexibility index (Phi) is 7.25. The Morgan fingerprint density at radius 1 is 1.05 bits per heavy atom. The number of nitrogens with zero attached hydrogens (tertiary/aromatic N) is 3. The van der Waals surface area contributed by atoms with E-state index in [9.17, 15) is 14.0 Å². The molecule has 37 heavy (non-hydrogen) atoms. The number of aromatic nitrogens is 3. The predicted octanol–water partition coefficient (Wildman–Crippen LogP) is 5.09. The molecule has 0 saturated carbocycles. The Morgan fingerprint density at radius 3 is 2.43 bits per heavy atom. The average Bonchev–Trinajstić information content (AvgIpc) is 3.48. The number of methoxy groups -OCH3 is 2. The minimum atomic E-state index is -0.789. The summed E-state index contributed by atoms with van der Waals surface area (Å²) in [5.41, 5.74) is 1.16. The van der Waals surface area contributed by atoms with Crippen molar-refractivity contribution in [3.63, 3.8) is 0 Å². The zero-order chi connectivity index (χ0) is 26.7. The first-order chi connectivity index (χ1) is 17.6. The van der Waals surface area contributed by atoms with Crippen molar-refractivity contribution in [3.05, 3.63) is 53.8 Å². The van der Waals surface area contributed by atoms with Crippen LogP contribution in [0.4, 0.5) is 9.18 Å². The fourth-order valence-electron chi connectivity index (χ4n) is 3.50. The second-order valence-electron chi connectivity index (χ2n) is 9.03. The molecule has 0 spiro atoms. The summed E-state index contributed by atoms with van der Waals surface area (Å²) in [6.07, 6.45) is -0.753. The summed E-state index contributed by atoms with van der Waals surface area (Å²) < 4.78 is 42.1. The highest BCUT2D eigenvalue weighted by atomic mass is 19.1. The number of fused-ring (bicyclic) bond motifs is 1. The van der Waals surface area contributed by atoms with Crippen molar-refractivity contribution >= 4 is 23.0 Å². The molecule has 0 amide bonds. The van der Waals surface area contributed by atoms with Gasteiger partial charge in [0.15, 0.2) is 17.3 Å². The maximum absolute atomic E-state index is 14.9. The molecule has 0 aliphatic carbocycles. The maximum Gasteiger partial charge on any atom is 0.435 e. The minimum absolute atomic E-state index is 0.0650. The molecule has 0 aliphatic rings. The van der Waals surface area contributed by atoms with Gasteiger partial charge in [-0.05, 0) is 39.0 Å². The molecule has 2 aromatic carbocycles. The van der Waals surface area contributed by atoms with Gasteiger partial charge in [0.25, 0.3) is 0 Å². The molecular weight excluding hydrogens is 485 g/mol. The Bertz CT molecular complexity index is 1440. The molecule has 2 heterocycles. The number of carbonyl (C=O) groups excluding carboxylic acids is 2. The summed E-state index contributed by atoms with van der Waals surface area (Å²) in [4.78, 5) is 24.6. The summed E-state index contributed by atoms with van der Waals surface area (Å²) in [5.74, 6) is -0.970. The quantitative estimate of drug-likeness (QED) is 0.247. The highest BCUT2D eigenvalue weighted by Crippen LogP contribution is 2.34. The van der Waals surface area contributed by atoms with E-state index < -0.39 is 23.5 Å². The second kappa shape index (κ2) is 10.4. The van der Waals surface area contributed by atoms with Crippen molar-refractivity contribution in [2.24, 2.45) is 0 Å². The first-order valence-corrected chi connectivity index (χ1v) is 11.3. The van der Waals surface area contributed by atoms with Crippen molar-refractivity contribution < 1.29 is 37.5 Å². The first-order valence-electron chi connectivity index (χ1n) is 11.3. The molecule has 0 bridgehead atoms. The average molecular weight is 512 g/mol.